The van der Waals surface area contributed by atoms with Gasteiger partial charge in [-0.15, -0.1) is 0 Å². The fraction of sp³-hybridized carbons (Fsp3) is 0.167. The Hall–Kier alpha value is -4.00. The summed E-state index contributed by atoms with van der Waals surface area (Å²) in [7, 11) is 0. The minimum atomic E-state index is -1.02. The number of furan rings is 2. The summed E-state index contributed by atoms with van der Waals surface area (Å²) >= 11 is 0. The third kappa shape index (κ3) is 4.78. The third-order valence-electron chi connectivity index (χ3n) is 4.68. The van der Waals surface area contributed by atoms with Gasteiger partial charge in [0.15, 0.2) is 6.10 Å². The molecule has 0 bridgehead atoms. The molecule has 158 valence electrons. The van der Waals surface area contributed by atoms with E-state index >= 15 is 0 Å². The molecule has 4 rings (SSSR count). The normalized spacial score (nSPS) is 11.8. The van der Waals surface area contributed by atoms with Crippen LogP contribution in [0.3, 0.4) is 0 Å². The van der Waals surface area contributed by atoms with Crippen molar-refractivity contribution in [2.75, 3.05) is 0 Å². The van der Waals surface area contributed by atoms with Gasteiger partial charge in [0, 0.05) is 5.39 Å². The summed E-state index contributed by atoms with van der Waals surface area (Å²) in [5.41, 5.74) is 1.10. The zero-order valence-corrected chi connectivity index (χ0v) is 16.9. The van der Waals surface area contributed by atoms with Gasteiger partial charge in [-0.05, 0) is 37.3 Å². The fourth-order valence-electron chi connectivity index (χ4n) is 3.08. The van der Waals surface area contributed by atoms with E-state index in [1.54, 1.807) is 18.2 Å². The number of carbonyl (C=O) groups excluding carboxylic acids is 2. The topological polar surface area (TPSA) is 90.9 Å². The number of nitrogens with one attached hydrogen (secondary N) is 1. The molecule has 1 amide bonds. The van der Waals surface area contributed by atoms with Crippen LogP contribution >= 0.6 is 0 Å². The largest absolute Gasteiger partial charge is 0.489 e. The maximum Gasteiger partial charge on any atom is 0.375 e. The summed E-state index contributed by atoms with van der Waals surface area (Å²) in [6, 6.07) is 20.0. The first-order valence-electron chi connectivity index (χ1n) is 9.81. The van der Waals surface area contributed by atoms with Crippen molar-refractivity contribution in [1.82, 2.24) is 5.32 Å². The average Bonchev–Trinajstić information content (AvgIpc) is 3.44. The summed E-state index contributed by atoms with van der Waals surface area (Å²) in [4.78, 5) is 25.1. The molecule has 0 fully saturated rings. The molecule has 0 radical (unpaired) electrons. The summed E-state index contributed by atoms with van der Waals surface area (Å²) in [6.07, 6.45) is 0.504. The van der Waals surface area contributed by atoms with E-state index in [9.17, 15) is 9.59 Å². The second kappa shape index (κ2) is 9.21. The van der Waals surface area contributed by atoms with Gasteiger partial charge in [-0.25, -0.2) is 4.79 Å². The molecule has 2 aromatic heterocycles. The Labute approximate surface area is 178 Å². The smallest absolute Gasteiger partial charge is 0.375 e. The Balaban J connectivity index is 1.48. The molecule has 0 unspecified atom stereocenters. The van der Waals surface area contributed by atoms with E-state index in [1.807, 2.05) is 48.5 Å². The van der Waals surface area contributed by atoms with Crippen molar-refractivity contribution >= 4 is 22.8 Å². The highest BCUT2D eigenvalue weighted by atomic mass is 16.6. The first kappa shape index (κ1) is 20.3. The Morgan fingerprint density at radius 2 is 1.77 bits per heavy atom. The lowest BCUT2D eigenvalue weighted by atomic mass is 10.1. The lowest BCUT2D eigenvalue weighted by Crippen LogP contribution is -2.35. The predicted molar refractivity (Wildman–Crippen MR) is 112 cm³/mol. The van der Waals surface area contributed by atoms with E-state index in [0.717, 1.165) is 5.39 Å². The van der Waals surface area contributed by atoms with Crippen molar-refractivity contribution in [3.05, 3.63) is 90.1 Å². The molecule has 0 saturated heterocycles. The monoisotopic (exact) mass is 419 g/mol. The van der Waals surface area contributed by atoms with Gasteiger partial charge < -0.3 is 23.6 Å². The third-order valence-corrected chi connectivity index (χ3v) is 4.68. The molecule has 7 heteroatoms. The van der Waals surface area contributed by atoms with Crippen LogP contribution in [0.25, 0.3) is 11.0 Å². The maximum absolute atomic E-state index is 12.8. The fourth-order valence-corrected chi connectivity index (χ4v) is 3.08. The molecule has 0 aliphatic carbocycles. The summed E-state index contributed by atoms with van der Waals surface area (Å²) < 4.78 is 22.1. The van der Waals surface area contributed by atoms with Gasteiger partial charge in [0.2, 0.25) is 5.76 Å². The van der Waals surface area contributed by atoms with Gasteiger partial charge in [-0.2, -0.15) is 0 Å². The molecule has 2 heterocycles. The highest BCUT2D eigenvalue weighted by Gasteiger charge is 2.26. The van der Waals surface area contributed by atoms with Crippen LogP contribution in [0.1, 0.15) is 28.8 Å². The van der Waals surface area contributed by atoms with E-state index in [4.69, 9.17) is 18.3 Å². The SMILES string of the molecule is C[C@@H](OC(=O)c1oc2ccccc2c1COc1ccccc1)C(=O)NCc1ccco1. The van der Waals surface area contributed by atoms with E-state index < -0.39 is 18.0 Å². The van der Waals surface area contributed by atoms with Crippen LogP contribution in [0.5, 0.6) is 5.75 Å². The summed E-state index contributed by atoms with van der Waals surface area (Å²) in [5, 5.41) is 3.41. The van der Waals surface area contributed by atoms with Gasteiger partial charge in [0.05, 0.1) is 18.4 Å². The predicted octanol–water partition coefficient (Wildman–Crippen LogP) is 4.47. The summed E-state index contributed by atoms with van der Waals surface area (Å²) in [6.45, 7) is 1.82. The number of ether oxygens (including phenoxy) is 2. The van der Waals surface area contributed by atoms with Crippen LogP contribution in [-0.4, -0.2) is 18.0 Å². The van der Waals surface area contributed by atoms with E-state index in [-0.39, 0.29) is 18.9 Å². The van der Waals surface area contributed by atoms with Gasteiger partial charge in [0.25, 0.3) is 5.91 Å². The molecule has 0 aliphatic heterocycles. The lowest BCUT2D eigenvalue weighted by molar-refractivity contribution is -0.129. The number of esters is 1. The van der Waals surface area contributed by atoms with Gasteiger partial charge in [0.1, 0.15) is 23.7 Å². The Morgan fingerprint density at radius 1 is 1.00 bits per heavy atom. The van der Waals surface area contributed by atoms with Crippen molar-refractivity contribution < 1.29 is 27.9 Å². The zero-order chi connectivity index (χ0) is 21.6. The number of fused-ring (bicyclic) bond motifs is 1. The molecular formula is C24H21NO6. The van der Waals surface area contributed by atoms with Crippen molar-refractivity contribution in [1.29, 1.82) is 0 Å². The first-order chi connectivity index (χ1) is 15.1. The average molecular weight is 419 g/mol. The second-order valence-corrected chi connectivity index (χ2v) is 6.85. The molecule has 7 nitrogen and oxygen atoms in total. The standard InChI is InChI=1S/C24H21NO6/c1-16(23(26)25-14-18-10-7-13-28-18)30-24(27)22-20(15-29-17-8-3-2-4-9-17)19-11-5-6-12-21(19)31-22/h2-13,16H,14-15H2,1H3,(H,25,26)/t16-/m1/s1. The van der Waals surface area contributed by atoms with Crippen molar-refractivity contribution in [2.24, 2.45) is 0 Å². The minimum absolute atomic E-state index is 0.0165. The van der Waals surface area contributed by atoms with Crippen LogP contribution in [0.2, 0.25) is 0 Å². The Kier molecular flexibility index (Phi) is 6.03. The zero-order valence-electron chi connectivity index (χ0n) is 16.9. The van der Waals surface area contributed by atoms with Crippen LogP contribution in [0.4, 0.5) is 0 Å². The van der Waals surface area contributed by atoms with E-state index in [1.165, 1.54) is 13.2 Å². The van der Waals surface area contributed by atoms with Crippen LogP contribution in [-0.2, 0) is 22.7 Å². The number of carbonyl (C=O) groups is 2. The van der Waals surface area contributed by atoms with E-state index in [2.05, 4.69) is 5.32 Å². The maximum atomic E-state index is 12.8. The molecule has 1 N–H and O–H groups in total. The Bertz CT molecular complexity index is 1160. The van der Waals surface area contributed by atoms with Crippen LogP contribution < -0.4 is 10.1 Å². The number of amides is 1. The molecule has 2 aromatic carbocycles. The number of rotatable bonds is 8. The van der Waals surface area contributed by atoms with Crippen molar-refractivity contribution in [2.45, 2.75) is 26.2 Å². The highest BCUT2D eigenvalue weighted by Crippen LogP contribution is 2.28. The minimum Gasteiger partial charge on any atom is -0.489 e. The molecule has 0 aliphatic rings. The number of hydrogen-bond donors (Lipinski definition) is 1. The quantitative estimate of drug-likeness (QED) is 0.424. The van der Waals surface area contributed by atoms with Crippen LogP contribution in [0, 0.1) is 0 Å². The number of para-hydroxylation sites is 2. The molecule has 4 aromatic rings. The molecule has 31 heavy (non-hydrogen) atoms. The van der Waals surface area contributed by atoms with Gasteiger partial charge in [-0.1, -0.05) is 36.4 Å². The highest BCUT2D eigenvalue weighted by molar-refractivity contribution is 5.97. The molecular weight excluding hydrogens is 398 g/mol. The molecule has 1 atom stereocenters. The molecule has 0 spiro atoms. The second-order valence-electron chi connectivity index (χ2n) is 6.85. The Morgan fingerprint density at radius 3 is 2.55 bits per heavy atom. The first-order valence-corrected chi connectivity index (χ1v) is 9.81. The van der Waals surface area contributed by atoms with Crippen molar-refractivity contribution in [3.8, 4) is 5.75 Å². The van der Waals surface area contributed by atoms with Gasteiger partial charge >= 0.3 is 5.97 Å². The summed E-state index contributed by atoms with van der Waals surface area (Å²) in [5.74, 6) is 0.108. The lowest BCUT2D eigenvalue weighted by Gasteiger charge is -2.13. The van der Waals surface area contributed by atoms with E-state index in [0.29, 0.717) is 22.7 Å². The number of hydrogen-bond acceptors (Lipinski definition) is 6. The molecule has 0 saturated carbocycles. The van der Waals surface area contributed by atoms with Crippen LogP contribution in [0.15, 0.2) is 81.8 Å². The number of benzene rings is 2. The van der Waals surface area contributed by atoms with Crippen molar-refractivity contribution in [3.63, 3.8) is 0 Å². The van der Waals surface area contributed by atoms with Gasteiger partial charge in [-0.3, -0.25) is 4.79 Å².